The van der Waals surface area contributed by atoms with Crippen LogP contribution in [0.4, 0.5) is 5.95 Å². The zero-order chi connectivity index (χ0) is 23.4. The molecule has 0 spiro atoms. The SMILES string of the molecule is Cc1ocnc1Cn1[nH]c2c(-c3cc(Cl)c4[nH]ncc4c3)c(-c3ccccc3)nc(N)[n+]2c1=O. The number of rotatable bonds is 4. The summed E-state index contributed by atoms with van der Waals surface area (Å²) in [5, 5.41) is 11.5. The van der Waals surface area contributed by atoms with Gasteiger partial charge in [-0.25, -0.2) is 14.9 Å². The van der Waals surface area contributed by atoms with Crippen molar-refractivity contribution in [2.75, 3.05) is 5.73 Å². The van der Waals surface area contributed by atoms with Gasteiger partial charge in [0, 0.05) is 10.9 Å². The van der Waals surface area contributed by atoms with E-state index in [2.05, 4.69) is 25.3 Å². The first-order chi connectivity index (χ1) is 16.5. The van der Waals surface area contributed by atoms with Gasteiger partial charge >= 0.3 is 11.6 Å². The van der Waals surface area contributed by atoms with Crippen molar-refractivity contribution in [3.05, 3.63) is 82.0 Å². The maximum atomic E-state index is 13.3. The molecule has 6 aromatic rings. The van der Waals surface area contributed by atoms with E-state index in [1.54, 1.807) is 13.1 Å². The van der Waals surface area contributed by atoms with Crippen LogP contribution < -0.4 is 15.8 Å². The minimum atomic E-state index is -0.376. The Hall–Kier alpha value is -4.44. The molecule has 4 N–H and O–H groups in total. The number of aromatic nitrogens is 7. The molecule has 4 aromatic heterocycles. The quantitative estimate of drug-likeness (QED) is 0.336. The lowest BCUT2D eigenvalue weighted by Gasteiger charge is -2.09. The number of nitrogens with one attached hydrogen (secondary N) is 2. The van der Waals surface area contributed by atoms with E-state index in [1.165, 1.54) is 15.5 Å². The average molecular weight is 474 g/mol. The fourth-order valence-electron chi connectivity index (χ4n) is 4.13. The Bertz CT molecular complexity index is 1750. The fourth-order valence-corrected chi connectivity index (χ4v) is 4.40. The zero-order valence-electron chi connectivity index (χ0n) is 17.9. The average Bonchev–Trinajstić information content (AvgIpc) is 3.55. The van der Waals surface area contributed by atoms with E-state index in [1.807, 2.05) is 42.5 Å². The van der Waals surface area contributed by atoms with E-state index in [0.717, 1.165) is 22.0 Å². The summed E-state index contributed by atoms with van der Waals surface area (Å²) >= 11 is 6.56. The number of anilines is 1. The van der Waals surface area contributed by atoms with Gasteiger partial charge in [-0.1, -0.05) is 41.9 Å². The van der Waals surface area contributed by atoms with Crippen LogP contribution >= 0.6 is 11.6 Å². The number of H-pyrrole nitrogens is 2. The lowest BCUT2D eigenvalue weighted by molar-refractivity contribution is -0.516. The highest BCUT2D eigenvalue weighted by Crippen LogP contribution is 2.36. The van der Waals surface area contributed by atoms with Gasteiger partial charge in [0.1, 0.15) is 23.7 Å². The lowest BCUT2D eigenvalue weighted by Crippen LogP contribution is -2.44. The molecule has 0 aliphatic carbocycles. The molecule has 6 rings (SSSR count). The number of halogens is 1. The highest BCUT2D eigenvalue weighted by atomic mass is 35.5. The van der Waals surface area contributed by atoms with Crippen molar-refractivity contribution in [3.8, 4) is 22.4 Å². The van der Waals surface area contributed by atoms with Crippen molar-refractivity contribution >= 4 is 34.1 Å². The second-order valence-electron chi connectivity index (χ2n) is 7.87. The number of nitrogens with two attached hydrogens (primary N) is 1. The Morgan fingerprint density at radius 1 is 1.21 bits per heavy atom. The number of aryl methyl sites for hydroxylation is 1. The molecule has 0 aliphatic heterocycles. The van der Waals surface area contributed by atoms with Crippen LogP contribution in [-0.4, -0.2) is 29.9 Å². The van der Waals surface area contributed by atoms with E-state index in [0.29, 0.717) is 33.4 Å². The van der Waals surface area contributed by atoms with Gasteiger partial charge < -0.3 is 10.2 Å². The van der Waals surface area contributed by atoms with Crippen LogP contribution in [0.1, 0.15) is 11.5 Å². The number of nitrogens with zero attached hydrogens (tertiary/aromatic N) is 5. The molecule has 10 nitrogen and oxygen atoms in total. The molecule has 4 heterocycles. The summed E-state index contributed by atoms with van der Waals surface area (Å²) in [5.41, 5.74) is 10.7. The molecular formula is C23H18ClN8O2+. The first kappa shape index (κ1) is 20.2. The Kier molecular flexibility index (Phi) is 4.49. The van der Waals surface area contributed by atoms with E-state index < -0.39 is 0 Å². The van der Waals surface area contributed by atoms with Gasteiger partial charge in [0.2, 0.25) is 5.65 Å². The summed E-state index contributed by atoms with van der Waals surface area (Å²) < 4.78 is 8.06. The molecule has 168 valence electrons. The van der Waals surface area contributed by atoms with Crippen molar-refractivity contribution in [2.45, 2.75) is 13.5 Å². The molecule has 11 heteroatoms. The lowest BCUT2D eigenvalue weighted by atomic mass is 9.99. The highest BCUT2D eigenvalue weighted by Gasteiger charge is 2.27. The number of hydrogen-bond donors (Lipinski definition) is 3. The topological polar surface area (TPSA) is 136 Å². The van der Waals surface area contributed by atoms with Crippen LogP contribution in [0.25, 0.3) is 38.9 Å². The summed E-state index contributed by atoms with van der Waals surface area (Å²) in [5.74, 6) is 0.689. The first-order valence-electron chi connectivity index (χ1n) is 10.4. The van der Waals surface area contributed by atoms with Crippen molar-refractivity contribution in [1.82, 2.24) is 29.9 Å². The van der Waals surface area contributed by atoms with Gasteiger partial charge in [0.15, 0.2) is 6.39 Å². The zero-order valence-corrected chi connectivity index (χ0v) is 18.7. The van der Waals surface area contributed by atoms with E-state index in [9.17, 15) is 4.79 Å². The molecule has 0 radical (unpaired) electrons. The van der Waals surface area contributed by atoms with Crippen LogP contribution in [-0.2, 0) is 6.54 Å². The minimum absolute atomic E-state index is 0.0602. The van der Waals surface area contributed by atoms with Gasteiger partial charge in [0.25, 0.3) is 0 Å². The minimum Gasteiger partial charge on any atom is -0.448 e. The summed E-state index contributed by atoms with van der Waals surface area (Å²) in [6.07, 6.45) is 3.05. The van der Waals surface area contributed by atoms with E-state index in [4.69, 9.17) is 21.8 Å². The Balaban J connectivity index is 1.69. The maximum absolute atomic E-state index is 13.3. The van der Waals surface area contributed by atoms with Crippen LogP contribution in [0.2, 0.25) is 5.02 Å². The van der Waals surface area contributed by atoms with Crippen molar-refractivity contribution in [1.29, 1.82) is 0 Å². The van der Waals surface area contributed by atoms with Gasteiger partial charge in [-0.3, -0.25) is 5.10 Å². The maximum Gasteiger partial charge on any atom is 0.428 e. The Morgan fingerprint density at radius 2 is 2.03 bits per heavy atom. The molecule has 0 amide bonds. The number of benzene rings is 2. The van der Waals surface area contributed by atoms with Crippen LogP contribution in [0.3, 0.4) is 0 Å². The molecule has 34 heavy (non-hydrogen) atoms. The normalized spacial score (nSPS) is 11.6. The third-order valence-electron chi connectivity index (χ3n) is 5.80. The Labute approximate surface area is 196 Å². The fraction of sp³-hybridized carbons (Fsp3) is 0.0870. The largest absolute Gasteiger partial charge is 0.448 e. The molecule has 0 saturated heterocycles. The van der Waals surface area contributed by atoms with Gasteiger partial charge in [0.05, 0.1) is 22.3 Å². The van der Waals surface area contributed by atoms with E-state index in [-0.39, 0.29) is 18.2 Å². The smallest absolute Gasteiger partial charge is 0.428 e. The van der Waals surface area contributed by atoms with Crippen LogP contribution in [0.15, 0.2) is 64.3 Å². The van der Waals surface area contributed by atoms with Gasteiger partial charge in [-0.15, -0.1) is 9.38 Å². The first-order valence-corrected chi connectivity index (χ1v) is 10.8. The van der Waals surface area contributed by atoms with Crippen molar-refractivity contribution in [2.24, 2.45) is 0 Å². The van der Waals surface area contributed by atoms with Gasteiger partial charge in [-0.2, -0.15) is 9.78 Å². The number of fused-ring (bicyclic) bond motifs is 2. The van der Waals surface area contributed by atoms with Crippen molar-refractivity contribution < 1.29 is 8.82 Å². The van der Waals surface area contributed by atoms with Crippen molar-refractivity contribution in [3.63, 3.8) is 0 Å². The van der Waals surface area contributed by atoms with E-state index >= 15 is 0 Å². The predicted molar refractivity (Wildman–Crippen MR) is 126 cm³/mol. The number of nitrogen functional groups attached to an aromatic ring is 1. The predicted octanol–water partition coefficient (Wildman–Crippen LogP) is 3.10. The molecule has 0 aliphatic rings. The molecule has 0 fully saturated rings. The summed E-state index contributed by atoms with van der Waals surface area (Å²) in [7, 11) is 0. The number of oxazole rings is 1. The molecule has 0 bridgehead atoms. The second kappa shape index (κ2) is 7.56. The summed E-state index contributed by atoms with van der Waals surface area (Å²) in [4.78, 5) is 22.2. The van der Waals surface area contributed by atoms with Crippen LogP contribution in [0.5, 0.6) is 0 Å². The Morgan fingerprint density at radius 3 is 2.79 bits per heavy atom. The monoisotopic (exact) mass is 473 g/mol. The number of aromatic amines is 2. The standard InChI is InChI=1S/C23H17ClN8O2/c1-12-17(26-11-34-12)10-31-23(33)32-21(30-31)18(14-7-15-9-27-29-19(15)16(24)8-14)20(28-22(32)25)13-5-3-2-4-6-13/h2-9,11H,10H2,1H3,(H3,25,27,28,29,30)/p+1. The van der Waals surface area contributed by atoms with Crippen LogP contribution in [0, 0.1) is 6.92 Å². The summed E-state index contributed by atoms with van der Waals surface area (Å²) in [6, 6.07) is 13.4. The molecule has 0 saturated carbocycles. The molecule has 0 unspecified atom stereocenters. The van der Waals surface area contributed by atoms with Gasteiger partial charge in [-0.05, 0) is 24.6 Å². The molecule has 2 aromatic carbocycles. The second-order valence-corrected chi connectivity index (χ2v) is 8.28. The molecule has 0 atom stereocenters. The highest BCUT2D eigenvalue weighted by molar-refractivity contribution is 6.35. The summed E-state index contributed by atoms with van der Waals surface area (Å²) in [6.45, 7) is 1.98. The third-order valence-corrected chi connectivity index (χ3v) is 6.10. The third kappa shape index (κ3) is 3.07. The molecular weight excluding hydrogens is 456 g/mol. The number of hydrogen-bond acceptors (Lipinski definition) is 6.